The van der Waals surface area contributed by atoms with Crippen molar-refractivity contribution in [3.8, 4) is 0 Å². The van der Waals surface area contributed by atoms with Crippen LogP contribution >= 0.6 is 0 Å². The van der Waals surface area contributed by atoms with Gasteiger partial charge < -0.3 is 5.73 Å². The fourth-order valence-electron chi connectivity index (χ4n) is 0.450. The predicted octanol–water partition coefficient (Wildman–Crippen LogP) is -0.549. The van der Waals surface area contributed by atoms with Crippen molar-refractivity contribution in [1.82, 2.24) is 0 Å². The first-order valence-electron chi connectivity index (χ1n) is 3.51. The third-order valence-electron chi connectivity index (χ3n) is 1.16. The van der Waals surface area contributed by atoms with E-state index in [1.165, 1.54) is 6.21 Å². The average molecular weight is 178 g/mol. The zero-order valence-electron chi connectivity index (χ0n) is 6.66. The molecule has 0 aliphatic carbocycles. The van der Waals surface area contributed by atoms with E-state index in [0.29, 0.717) is 13.1 Å². The lowest BCUT2D eigenvalue weighted by Crippen LogP contribution is -2.10. The Morgan fingerprint density at radius 3 is 2.64 bits per heavy atom. The number of nitrogens with two attached hydrogens (primary N) is 1. The van der Waals surface area contributed by atoms with Crippen molar-refractivity contribution in [3.05, 3.63) is 0 Å². The number of hydrogen-bond acceptors (Lipinski definition) is 4. The minimum Gasteiger partial charge on any atom is -0.329 e. The average Bonchev–Trinajstić information content (AvgIpc) is 1.99. The van der Waals surface area contributed by atoms with E-state index in [0.717, 1.165) is 0 Å². The van der Waals surface area contributed by atoms with E-state index in [1.54, 1.807) is 6.92 Å². The van der Waals surface area contributed by atoms with Gasteiger partial charge in [0, 0.05) is 18.5 Å². The van der Waals surface area contributed by atoms with E-state index in [1.807, 2.05) is 0 Å². The van der Waals surface area contributed by atoms with Crippen LogP contribution < -0.4 is 5.73 Å². The summed E-state index contributed by atoms with van der Waals surface area (Å²) in [6.45, 7) is 2.58. The van der Waals surface area contributed by atoms with Gasteiger partial charge in [0.2, 0.25) is 0 Å². The van der Waals surface area contributed by atoms with Crippen molar-refractivity contribution >= 4 is 16.1 Å². The van der Waals surface area contributed by atoms with Crippen molar-refractivity contribution in [2.45, 2.75) is 6.92 Å². The van der Waals surface area contributed by atoms with Crippen molar-refractivity contribution in [2.75, 3.05) is 24.6 Å². The molecule has 0 aromatic heterocycles. The molecule has 0 unspecified atom stereocenters. The van der Waals surface area contributed by atoms with E-state index >= 15 is 0 Å². The number of nitrogens with zero attached hydrogens (tertiary/aromatic N) is 1. The maximum absolute atomic E-state index is 10.8. The maximum Gasteiger partial charge on any atom is 0.155 e. The Morgan fingerprint density at radius 1 is 1.55 bits per heavy atom. The van der Waals surface area contributed by atoms with E-state index in [2.05, 4.69) is 4.99 Å². The smallest absolute Gasteiger partial charge is 0.155 e. The summed E-state index contributed by atoms with van der Waals surface area (Å²) in [6.07, 6.45) is 1.41. The second-order valence-electron chi connectivity index (χ2n) is 2.08. The zero-order valence-corrected chi connectivity index (χ0v) is 7.47. The standard InChI is InChI=1S/C6H14N2O2S/c1-2-11(9,10)6-5-8-4-3-7/h5H,2-4,6-7H2,1H3. The Labute approximate surface area is 67.4 Å². The van der Waals surface area contributed by atoms with Gasteiger partial charge in [-0.25, -0.2) is 8.42 Å². The number of rotatable bonds is 5. The number of hydrogen-bond donors (Lipinski definition) is 1. The van der Waals surface area contributed by atoms with Crippen LogP contribution in [-0.4, -0.2) is 39.2 Å². The Balaban J connectivity index is 3.70. The van der Waals surface area contributed by atoms with Crippen molar-refractivity contribution in [3.63, 3.8) is 0 Å². The molecule has 0 amide bonds. The molecule has 0 saturated heterocycles. The summed E-state index contributed by atoms with van der Waals surface area (Å²) in [6, 6.07) is 0. The molecule has 5 heteroatoms. The summed E-state index contributed by atoms with van der Waals surface area (Å²) in [7, 11) is -2.89. The molecule has 2 N–H and O–H groups in total. The third kappa shape index (κ3) is 6.00. The molecule has 0 aliphatic heterocycles. The third-order valence-corrected chi connectivity index (χ3v) is 2.69. The summed E-state index contributed by atoms with van der Waals surface area (Å²) in [5.74, 6) is 0.200. The molecule has 66 valence electrons. The van der Waals surface area contributed by atoms with E-state index < -0.39 is 9.84 Å². The molecule has 0 aromatic rings. The summed E-state index contributed by atoms with van der Waals surface area (Å²) in [4.78, 5) is 3.79. The molecule has 0 aromatic carbocycles. The van der Waals surface area contributed by atoms with E-state index in [9.17, 15) is 8.42 Å². The second kappa shape index (κ2) is 5.26. The van der Waals surface area contributed by atoms with Gasteiger partial charge in [-0.05, 0) is 0 Å². The Kier molecular flexibility index (Phi) is 5.06. The van der Waals surface area contributed by atoms with Gasteiger partial charge in [0.25, 0.3) is 0 Å². The topological polar surface area (TPSA) is 72.5 Å². The number of aliphatic imine (C=N–C) groups is 1. The highest BCUT2D eigenvalue weighted by Crippen LogP contribution is 1.85. The van der Waals surface area contributed by atoms with Gasteiger partial charge in [-0.15, -0.1) is 0 Å². The predicted molar refractivity (Wildman–Crippen MR) is 46.7 cm³/mol. The summed E-state index contributed by atoms with van der Waals surface area (Å²) >= 11 is 0. The lowest BCUT2D eigenvalue weighted by atomic mass is 10.7. The molecule has 0 bridgehead atoms. The molecule has 0 fully saturated rings. The molecule has 11 heavy (non-hydrogen) atoms. The van der Waals surface area contributed by atoms with Crippen LogP contribution in [0.3, 0.4) is 0 Å². The molecule has 4 nitrogen and oxygen atoms in total. The van der Waals surface area contributed by atoms with E-state index in [-0.39, 0.29) is 11.5 Å². The highest BCUT2D eigenvalue weighted by molar-refractivity contribution is 7.91. The van der Waals surface area contributed by atoms with Crippen molar-refractivity contribution < 1.29 is 8.42 Å². The van der Waals surface area contributed by atoms with E-state index in [4.69, 9.17) is 5.73 Å². The Hall–Kier alpha value is -0.420. The lowest BCUT2D eigenvalue weighted by molar-refractivity contribution is 0.601. The van der Waals surface area contributed by atoms with Crippen LogP contribution in [-0.2, 0) is 9.84 Å². The summed E-state index contributed by atoms with van der Waals surface area (Å²) < 4.78 is 21.7. The van der Waals surface area contributed by atoms with Gasteiger partial charge in [0.1, 0.15) is 0 Å². The van der Waals surface area contributed by atoms with Crippen LogP contribution in [0.5, 0.6) is 0 Å². The summed E-state index contributed by atoms with van der Waals surface area (Å²) in [5, 5.41) is 0. The largest absolute Gasteiger partial charge is 0.329 e. The fraction of sp³-hybridized carbons (Fsp3) is 0.833. The molecule has 0 atom stereocenters. The first kappa shape index (κ1) is 10.6. The molecular weight excluding hydrogens is 164 g/mol. The molecule has 0 spiro atoms. The van der Waals surface area contributed by atoms with Crippen molar-refractivity contribution in [1.29, 1.82) is 0 Å². The van der Waals surface area contributed by atoms with Gasteiger partial charge in [-0.1, -0.05) is 6.92 Å². The van der Waals surface area contributed by atoms with Gasteiger partial charge in [-0.2, -0.15) is 0 Å². The number of sulfone groups is 1. The van der Waals surface area contributed by atoms with Crippen LogP contribution in [0, 0.1) is 0 Å². The van der Waals surface area contributed by atoms with Gasteiger partial charge in [-0.3, -0.25) is 4.99 Å². The second-order valence-corrected chi connectivity index (χ2v) is 4.47. The lowest BCUT2D eigenvalue weighted by Gasteiger charge is -1.92. The minimum absolute atomic E-state index is 0.0312. The van der Waals surface area contributed by atoms with Crippen molar-refractivity contribution in [2.24, 2.45) is 10.7 Å². The quantitative estimate of drug-likeness (QED) is 0.574. The highest BCUT2D eigenvalue weighted by atomic mass is 32.2. The van der Waals surface area contributed by atoms with Gasteiger partial charge >= 0.3 is 0 Å². The minimum atomic E-state index is -2.89. The van der Waals surface area contributed by atoms with Crippen LogP contribution in [0.4, 0.5) is 0 Å². The zero-order chi connectivity index (χ0) is 8.74. The molecule has 0 radical (unpaired) electrons. The van der Waals surface area contributed by atoms with Crippen LogP contribution in [0.15, 0.2) is 4.99 Å². The fourth-order valence-corrected chi connectivity index (χ4v) is 1.02. The van der Waals surface area contributed by atoms with Crippen LogP contribution in [0.25, 0.3) is 0 Å². The first-order valence-corrected chi connectivity index (χ1v) is 5.33. The first-order chi connectivity index (χ1) is 5.12. The Morgan fingerprint density at radius 2 is 2.18 bits per heavy atom. The molecule has 0 aliphatic rings. The van der Waals surface area contributed by atoms with Gasteiger partial charge in [0.05, 0.1) is 12.3 Å². The highest BCUT2D eigenvalue weighted by Gasteiger charge is 2.02. The normalized spacial score (nSPS) is 12.5. The maximum atomic E-state index is 10.8. The molecule has 0 saturated carbocycles. The molecule has 0 heterocycles. The molecule has 0 rings (SSSR count). The monoisotopic (exact) mass is 178 g/mol. The SMILES string of the molecule is CCS(=O)(=O)CC=NCCN. The summed E-state index contributed by atoms with van der Waals surface area (Å²) in [5.41, 5.74) is 5.15. The molecular formula is C6H14N2O2S. The van der Waals surface area contributed by atoms with Crippen LogP contribution in [0.1, 0.15) is 6.92 Å². The Bertz CT molecular complexity index is 209. The van der Waals surface area contributed by atoms with Crippen LogP contribution in [0.2, 0.25) is 0 Å². The van der Waals surface area contributed by atoms with Gasteiger partial charge in [0.15, 0.2) is 9.84 Å².